The van der Waals surface area contributed by atoms with Gasteiger partial charge in [-0.3, -0.25) is 4.90 Å². The topological polar surface area (TPSA) is 16.1 Å². The summed E-state index contributed by atoms with van der Waals surface area (Å²) in [6.07, 6.45) is -0.653. The van der Waals surface area contributed by atoms with Gasteiger partial charge in [0.05, 0.1) is 13.1 Å². The van der Waals surface area contributed by atoms with Crippen LogP contribution in [0.25, 0.3) is 0 Å². The molecule has 1 aromatic rings. The van der Waals surface area contributed by atoms with Crippen LogP contribution >= 0.6 is 22.9 Å². The Hall–Kier alpha value is -0.260. The molecule has 6 heteroatoms. The maximum absolute atomic E-state index is 12.1. The van der Waals surface area contributed by atoms with Crippen LogP contribution in [0.15, 0.2) is 11.6 Å². The Kier molecular flexibility index (Phi) is 5.29. The van der Waals surface area contributed by atoms with E-state index in [0.29, 0.717) is 19.0 Å². The van der Waals surface area contributed by atoms with Crippen LogP contribution in [0.5, 0.6) is 0 Å². The lowest BCUT2D eigenvalue weighted by atomic mass is 10.4. The molecule has 0 aliphatic heterocycles. The summed E-state index contributed by atoms with van der Waals surface area (Å²) < 4.78 is 24.3. The molecule has 0 fully saturated rings. The number of rotatable bonds is 6. The van der Waals surface area contributed by atoms with Crippen molar-refractivity contribution < 1.29 is 8.78 Å². The second-order valence-corrected chi connectivity index (χ2v) is 4.10. The van der Waals surface area contributed by atoms with Crippen molar-refractivity contribution in [2.75, 3.05) is 19.0 Å². The van der Waals surface area contributed by atoms with E-state index in [9.17, 15) is 8.78 Å². The minimum atomic E-state index is -2.32. The highest BCUT2D eigenvalue weighted by atomic mass is 35.5. The van der Waals surface area contributed by atoms with Crippen molar-refractivity contribution in [1.82, 2.24) is 9.88 Å². The summed E-state index contributed by atoms with van der Waals surface area (Å²) in [4.78, 5) is 5.64. The van der Waals surface area contributed by atoms with Crippen molar-refractivity contribution in [3.05, 3.63) is 16.6 Å². The Bertz CT molecular complexity index is 243. The Morgan fingerprint density at radius 2 is 2.36 bits per heavy atom. The smallest absolute Gasteiger partial charge is 0.251 e. The standard InChI is InChI=1S/C8H11ClF2N2S/c9-1-3-13(5-7(10)11)6-8-12-2-4-14-8/h2,4,7H,1,3,5-6H2. The van der Waals surface area contributed by atoms with E-state index in [-0.39, 0.29) is 6.54 Å². The van der Waals surface area contributed by atoms with E-state index in [2.05, 4.69) is 4.98 Å². The van der Waals surface area contributed by atoms with Crippen molar-refractivity contribution in [2.45, 2.75) is 13.0 Å². The molecule has 0 aliphatic carbocycles. The molecule has 2 nitrogen and oxygen atoms in total. The fourth-order valence-electron chi connectivity index (χ4n) is 1.07. The van der Waals surface area contributed by atoms with Gasteiger partial charge in [0.1, 0.15) is 5.01 Å². The second kappa shape index (κ2) is 6.27. The molecule has 1 heterocycles. The van der Waals surface area contributed by atoms with E-state index in [0.717, 1.165) is 5.01 Å². The van der Waals surface area contributed by atoms with E-state index in [4.69, 9.17) is 11.6 Å². The van der Waals surface area contributed by atoms with Gasteiger partial charge in [0, 0.05) is 24.0 Å². The molecule has 0 bridgehead atoms. The van der Waals surface area contributed by atoms with Gasteiger partial charge in [-0.25, -0.2) is 13.8 Å². The summed E-state index contributed by atoms with van der Waals surface area (Å²) >= 11 is 6.98. The van der Waals surface area contributed by atoms with Crippen LogP contribution in [0.4, 0.5) is 8.78 Å². The van der Waals surface area contributed by atoms with Crippen molar-refractivity contribution in [1.29, 1.82) is 0 Å². The predicted octanol–water partition coefficient (Wildman–Crippen LogP) is 2.45. The van der Waals surface area contributed by atoms with Crippen LogP contribution in [-0.2, 0) is 6.54 Å². The first-order valence-electron chi connectivity index (χ1n) is 4.17. The van der Waals surface area contributed by atoms with Gasteiger partial charge in [-0.15, -0.1) is 22.9 Å². The highest BCUT2D eigenvalue weighted by Crippen LogP contribution is 2.09. The molecule has 1 rings (SSSR count). The number of alkyl halides is 3. The zero-order valence-electron chi connectivity index (χ0n) is 7.50. The lowest BCUT2D eigenvalue weighted by Crippen LogP contribution is -2.30. The van der Waals surface area contributed by atoms with Gasteiger partial charge < -0.3 is 0 Å². The molecule has 0 spiro atoms. The van der Waals surface area contributed by atoms with E-state index in [1.807, 2.05) is 5.38 Å². The van der Waals surface area contributed by atoms with Crippen molar-refractivity contribution >= 4 is 22.9 Å². The molecule has 0 saturated carbocycles. The average molecular weight is 241 g/mol. The first-order valence-corrected chi connectivity index (χ1v) is 5.58. The highest BCUT2D eigenvalue weighted by molar-refractivity contribution is 7.09. The summed E-state index contributed by atoms with van der Waals surface area (Å²) in [6.45, 7) is 0.673. The largest absolute Gasteiger partial charge is 0.290 e. The number of aromatic nitrogens is 1. The summed E-state index contributed by atoms with van der Waals surface area (Å²) in [5, 5.41) is 2.67. The van der Waals surface area contributed by atoms with Gasteiger partial charge in [0.25, 0.3) is 6.43 Å². The molecule has 0 amide bonds. The minimum Gasteiger partial charge on any atom is -0.290 e. The molecule has 0 aromatic carbocycles. The van der Waals surface area contributed by atoms with Crippen LogP contribution < -0.4 is 0 Å². The van der Waals surface area contributed by atoms with Crippen molar-refractivity contribution in [3.63, 3.8) is 0 Å². The molecule has 14 heavy (non-hydrogen) atoms. The van der Waals surface area contributed by atoms with Gasteiger partial charge in [0.15, 0.2) is 0 Å². The monoisotopic (exact) mass is 240 g/mol. The van der Waals surface area contributed by atoms with Crippen LogP contribution in [0.3, 0.4) is 0 Å². The van der Waals surface area contributed by atoms with Crippen LogP contribution in [0.2, 0.25) is 0 Å². The highest BCUT2D eigenvalue weighted by Gasteiger charge is 2.12. The molecular formula is C8H11ClF2N2S. The number of nitrogens with zero attached hydrogens (tertiary/aromatic N) is 2. The van der Waals surface area contributed by atoms with Gasteiger partial charge in [0.2, 0.25) is 0 Å². The number of thiazole rings is 1. The quantitative estimate of drug-likeness (QED) is 0.710. The SMILES string of the molecule is FC(F)CN(CCCl)Cc1nccs1. The van der Waals surface area contributed by atoms with Crippen LogP contribution in [-0.4, -0.2) is 35.3 Å². The molecule has 0 radical (unpaired) electrons. The molecule has 0 unspecified atom stereocenters. The molecule has 0 N–H and O–H groups in total. The molecule has 0 aliphatic rings. The predicted molar refractivity (Wildman–Crippen MR) is 54.1 cm³/mol. The molecule has 1 aromatic heterocycles. The third kappa shape index (κ3) is 4.30. The average Bonchev–Trinajstić information content (AvgIpc) is 2.56. The van der Waals surface area contributed by atoms with E-state index >= 15 is 0 Å². The minimum absolute atomic E-state index is 0.244. The maximum atomic E-state index is 12.1. The zero-order valence-corrected chi connectivity index (χ0v) is 9.07. The van der Waals surface area contributed by atoms with Crippen LogP contribution in [0, 0.1) is 0 Å². The third-order valence-electron chi connectivity index (χ3n) is 1.64. The van der Waals surface area contributed by atoms with Gasteiger partial charge in [-0.05, 0) is 0 Å². The van der Waals surface area contributed by atoms with E-state index < -0.39 is 6.43 Å². The van der Waals surface area contributed by atoms with Gasteiger partial charge in [-0.2, -0.15) is 0 Å². The van der Waals surface area contributed by atoms with Crippen LogP contribution in [0.1, 0.15) is 5.01 Å². The number of hydrogen-bond acceptors (Lipinski definition) is 3. The lowest BCUT2D eigenvalue weighted by molar-refractivity contribution is 0.0878. The Balaban J connectivity index is 2.42. The first-order chi connectivity index (χ1) is 6.72. The molecule has 80 valence electrons. The fourth-order valence-corrected chi connectivity index (χ4v) is 1.97. The molecular weight excluding hydrogens is 230 g/mol. The summed E-state index contributed by atoms with van der Waals surface area (Å²) in [7, 11) is 0. The van der Waals surface area contributed by atoms with E-state index in [1.165, 1.54) is 11.3 Å². The second-order valence-electron chi connectivity index (χ2n) is 2.74. The maximum Gasteiger partial charge on any atom is 0.251 e. The fraction of sp³-hybridized carbons (Fsp3) is 0.625. The summed E-state index contributed by atoms with van der Waals surface area (Å²) in [5.74, 6) is 0.359. The normalized spacial score (nSPS) is 11.5. The van der Waals surface area contributed by atoms with Crippen molar-refractivity contribution in [3.8, 4) is 0 Å². The third-order valence-corrected chi connectivity index (χ3v) is 2.57. The number of hydrogen-bond donors (Lipinski definition) is 0. The Labute approximate surface area is 90.5 Å². The lowest BCUT2D eigenvalue weighted by Gasteiger charge is -2.18. The van der Waals surface area contributed by atoms with Gasteiger partial charge in [-0.1, -0.05) is 0 Å². The molecule has 0 atom stereocenters. The Morgan fingerprint density at radius 3 is 2.86 bits per heavy atom. The zero-order chi connectivity index (χ0) is 10.4. The van der Waals surface area contributed by atoms with E-state index in [1.54, 1.807) is 11.1 Å². The summed E-state index contributed by atoms with van der Waals surface area (Å²) in [5.41, 5.74) is 0. The van der Waals surface area contributed by atoms with Crippen molar-refractivity contribution in [2.24, 2.45) is 0 Å². The molecule has 0 saturated heterocycles. The first kappa shape index (κ1) is 11.8. The summed E-state index contributed by atoms with van der Waals surface area (Å²) in [6, 6.07) is 0. The number of halogens is 3. The van der Waals surface area contributed by atoms with Gasteiger partial charge >= 0.3 is 0 Å². The Morgan fingerprint density at radius 1 is 1.57 bits per heavy atom.